The minimum atomic E-state index is -3.60. The molecule has 0 atom stereocenters. The Bertz CT molecular complexity index is 1270. The first-order valence-electron chi connectivity index (χ1n) is 8.62. The van der Waals surface area contributed by atoms with Gasteiger partial charge < -0.3 is 4.74 Å². The molecular formula is C21H16N2O5S. The zero-order valence-electron chi connectivity index (χ0n) is 15.3. The highest BCUT2D eigenvalue weighted by atomic mass is 32.2. The molecule has 0 spiro atoms. The van der Waals surface area contributed by atoms with Crippen LogP contribution in [-0.4, -0.2) is 32.0 Å². The number of carbonyl (C=O) groups is 1. The molecule has 1 amide bonds. The maximum absolute atomic E-state index is 12.4. The second-order valence-electron chi connectivity index (χ2n) is 6.44. The standard InChI is InChI=1S/C21H16N2O5S/c1-29(26,27)19-11-10-14(13-6-2-3-7-15(13)21(24)23-25)16-12-22-17-8-4-5-9-18(17)28-20(16)19/h2-12,25H,1H3,(H,23,24). The predicted molar refractivity (Wildman–Crippen MR) is 108 cm³/mol. The van der Waals surface area contributed by atoms with E-state index in [1.807, 2.05) is 0 Å². The van der Waals surface area contributed by atoms with Crippen LogP contribution in [-0.2, 0) is 9.84 Å². The van der Waals surface area contributed by atoms with E-state index in [0.29, 0.717) is 28.1 Å². The summed E-state index contributed by atoms with van der Waals surface area (Å²) in [6.45, 7) is 0. The number of aliphatic imine (C=N–C) groups is 1. The zero-order valence-corrected chi connectivity index (χ0v) is 16.1. The van der Waals surface area contributed by atoms with Crippen molar-refractivity contribution in [2.24, 2.45) is 4.99 Å². The van der Waals surface area contributed by atoms with E-state index in [9.17, 15) is 13.2 Å². The van der Waals surface area contributed by atoms with Crippen molar-refractivity contribution in [1.82, 2.24) is 5.48 Å². The maximum atomic E-state index is 12.4. The third-order valence-corrected chi connectivity index (χ3v) is 5.65. The lowest BCUT2D eigenvalue weighted by molar-refractivity contribution is 0.0707. The number of fused-ring (bicyclic) bond motifs is 2. The number of hydrogen-bond donors (Lipinski definition) is 2. The number of hydroxylamine groups is 1. The number of hydrogen-bond acceptors (Lipinski definition) is 6. The topological polar surface area (TPSA) is 105 Å². The third-order valence-electron chi connectivity index (χ3n) is 4.53. The van der Waals surface area contributed by atoms with Crippen LogP contribution in [0.25, 0.3) is 11.1 Å². The summed E-state index contributed by atoms with van der Waals surface area (Å²) in [5.74, 6) is -0.125. The Labute approximate surface area is 167 Å². The van der Waals surface area contributed by atoms with Crippen LogP contribution in [0.15, 0.2) is 70.6 Å². The molecule has 0 aromatic heterocycles. The van der Waals surface area contributed by atoms with Crippen molar-refractivity contribution < 1.29 is 23.2 Å². The smallest absolute Gasteiger partial charge is 0.275 e. The van der Waals surface area contributed by atoms with Crippen molar-refractivity contribution in [2.75, 3.05) is 6.26 Å². The van der Waals surface area contributed by atoms with E-state index < -0.39 is 15.7 Å². The van der Waals surface area contributed by atoms with Crippen molar-refractivity contribution in [3.63, 3.8) is 0 Å². The fourth-order valence-electron chi connectivity index (χ4n) is 3.21. The number of amides is 1. The minimum absolute atomic E-state index is 0.0171. The van der Waals surface area contributed by atoms with Crippen LogP contribution in [0, 0.1) is 0 Å². The predicted octanol–water partition coefficient (Wildman–Crippen LogP) is 3.73. The Kier molecular flexibility index (Phi) is 4.65. The third kappa shape index (κ3) is 3.39. The molecule has 0 aliphatic carbocycles. The highest BCUT2D eigenvalue weighted by Gasteiger charge is 2.25. The Hall–Kier alpha value is -3.49. The normalized spacial score (nSPS) is 12.3. The van der Waals surface area contributed by atoms with E-state index in [0.717, 1.165) is 6.26 Å². The number of benzene rings is 3. The van der Waals surface area contributed by atoms with Gasteiger partial charge in [0.05, 0.1) is 0 Å². The molecule has 4 rings (SSSR count). The Balaban J connectivity index is 2.03. The average molecular weight is 408 g/mol. The van der Waals surface area contributed by atoms with E-state index in [4.69, 9.17) is 9.94 Å². The molecule has 0 bridgehead atoms. The highest BCUT2D eigenvalue weighted by Crippen LogP contribution is 2.43. The maximum Gasteiger partial charge on any atom is 0.275 e. The molecule has 3 aromatic rings. The number of nitrogens with zero attached hydrogens (tertiary/aromatic N) is 1. The van der Waals surface area contributed by atoms with Gasteiger partial charge in [-0.05, 0) is 35.4 Å². The summed E-state index contributed by atoms with van der Waals surface area (Å²) in [4.78, 5) is 16.6. The molecule has 8 heteroatoms. The lowest BCUT2D eigenvalue weighted by Crippen LogP contribution is -2.19. The van der Waals surface area contributed by atoms with E-state index >= 15 is 0 Å². The summed E-state index contributed by atoms with van der Waals surface area (Å²) in [6, 6.07) is 16.7. The molecule has 0 radical (unpaired) electrons. The summed E-state index contributed by atoms with van der Waals surface area (Å²) in [5, 5.41) is 9.08. The lowest BCUT2D eigenvalue weighted by Gasteiger charge is -2.16. The van der Waals surface area contributed by atoms with Gasteiger partial charge in [0.2, 0.25) is 0 Å². The Morgan fingerprint density at radius 1 is 1.00 bits per heavy atom. The quantitative estimate of drug-likeness (QED) is 0.397. The van der Waals surface area contributed by atoms with Gasteiger partial charge in [0.25, 0.3) is 5.91 Å². The van der Waals surface area contributed by atoms with E-state index in [-0.39, 0.29) is 16.2 Å². The van der Waals surface area contributed by atoms with Gasteiger partial charge in [-0.25, -0.2) is 13.9 Å². The van der Waals surface area contributed by atoms with Crippen LogP contribution < -0.4 is 10.2 Å². The molecule has 1 heterocycles. The average Bonchev–Trinajstić information content (AvgIpc) is 2.91. The number of sulfone groups is 1. The van der Waals surface area contributed by atoms with Crippen molar-refractivity contribution in [3.8, 4) is 22.6 Å². The van der Waals surface area contributed by atoms with Gasteiger partial charge in [-0.15, -0.1) is 0 Å². The van der Waals surface area contributed by atoms with Crippen LogP contribution in [0.2, 0.25) is 0 Å². The first-order chi connectivity index (χ1) is 13.9. The molecule has 2 N–H and O–H groups in total. The van der Waals surface area contributed by atoms with E-state index in [1.165, 1.54) is 12.3 Å². The summed E-state index contributed by atoms with van der Waals surface area (Å²) in [5.41, 5.74) is 3.87. The summed E-state index contributed by atoms with van der Waals surface area (Å²) >= 11 is 0. The van der Waals surface area contributed by atoms with Crippen molar-refractivity contribution >= 4 is 27.6 Å². The molecule has 29 heavy (non-hydrogen) atoms. The molecule has 146 valence electrons. The van der Waals surface area contributed by atoms with Crippen molar-refractivity contribution in [3.05, 3.63) is 71.8 Å². The largest absolute Gasteiger partial charge is 0.453 e. The molecule has 0 saturated heterocycles. The summed E-state index contributed by atoms with van der Waals surface area (Å²) in [6.07, 6.45) is 2.63. The van der Waals surface area contributed by atoms with Crippen LogP contribution in [0.3, 0.4) is 0 Å². The van der Waals surface area contributed by atoms with Gasteiger partial charge in [0.1, 0.15) is 10.6 Å². The van der Waals surface area contributed by atoms with Crippen LogP contribution >= 0.6 is 0 Å². The second-order valence-corrected chi connectivity index (χ2v) is 8.42. The van der Waals surface area contributed by atoms with Crippen molar-refractivity contribution in [1.29, 1.82) is 0 Å². The second kappa shape index (κ2) is 7.16. The fourth-order valence-corrected chi connectivity index (χ4v) is 4.01. The number of para-hydroxylation sites is 2. The number of nitrogens with one attached hydrogen (secondary N) is 1. The Morgan fingerprint density at radius 3 is 2.48 bits per heavy atom. The molecule has 0 fully saturated rings. The molecule has 1 aliphatic rings. The number of carbonyl (C=O) groups excluding carboxylic acids is 1. The van der Waals surface area contributed by atoms with Gasteiger partial charge >= 0.3 is 0 Å². The van der Waals surface area contributed by atoms with E-state index in [1.54, 1.807) is 60.1 Å². The highest BCUT2D eigenvalue weighted by molar-refractivity contribution is 7.90. The van der Waals surface area contributed by atoms with Gasteiger partial charge in [-0.2, -0.15) is 0 Å². The number of ether oxygens (including phenoxy) is 1. The van der Waals surface area contributed by atoms with Gasteiger partial charge in [-0.1, -0.05) is 36.4 Å². The van der Waals surface area contributed by atoms with Crippen LogP contribution in [0.1, 0.15) is 15.9 Å². The monoisotopic (exact) mass is 408 g/mol. The minimum Gasteiger partial charge on any atom is -0.453 e. The molecule has 0 unspecified atom stereocenters. The lowest BCUT2D eigenvalue weighted by atomic mass is 9.95. The van der Waals surface area contributed by atoms with Crippen molar-refractivity contribution in [2.45, 2.75) is 4.90 Å². The van der Waals surface area contributed by atoms with Gasteiger partial charge in [0.15, 0.2) is 21.3 Å². The van der Waals surface area contributed by atoms with E-state index in [2.05, 4.69) is 4.99 Å². The SMILES string of the molecule is CS(=O)(=O)c1ccc(-c2ccccc2C(=O)NO)c2c1Oc1ccccc1N=C2. The van der Waals surface area contributed by atoms with Gasteiger partial charge in [-0.3, -0.25) is 15.0 Å². The molecule has 0 saturated carbocycles. The fraction of sp³-hybridized carbons (Fsp3) is 0.0476. The van der Waals surface area contributed by atoms with Crippen LogP contribution in [0.4, 0.5) is 5.69 Å². The Morgan fingerprint density at radius 2 is 1.72 bits per heavy atom. The molecule has 3 aromatic carbocycles. The summed E-state index contributed by atoms with van der Waals surface area (Å²) < 4.78 is 30.7. The first-order valence-corrected chi connectivity index (χ1v) is 10.5. The summed E-state index contributed by atoms with van der Waals surface area (Å²) in [7, 11) is -3.60. The van der Waals surface area contributed by atoms with Gasteiger partial charge in [0, 0.05) is 23.6 Å². The van der Waals surface area contributed by atoms with Crippen LogP contribution in [0.5, 0.6) is 11.5 Å². The number of rotatable bonds is 3. The zero-order chi connectivity index (χ0) is 20.6. The molecule has 1 aliphatic heterocycles. The molecule has 7 nitrogen and oxygen atoms in total. The molecular weight excluding hydrogens is 392 g/mol. The first kappa shape index (κ1) is 18.9.